The lowest BCUT2D eigenvalue weighted by atomic mass is 10.4. The number of nitrogens with zero attached hydrogens (tertiary/aromatic N) is 3. The van der Waals surface area contributed by atoms with Gasteiger partial charge in [0.25, 0.3) is 0 Å². The number of hydrogen-bond donors (Lipinski definition) is 1. The first-order valence-corrected chi connectivity index (χ1v) is 3.63. The number of anilines is 1. The molecule has 0 saturated carbocycles. The molecule has 0 radical (unpaired) electrons. The summed E-state index contributed by atoms with van der Waals surface area (Å²) in [4.78, 5) is 7.92. The summed E-state index contributed by atoms with van der Waals surface area (Å²) in [6, 6.07) is 1.89. The highest BCUT2D eigenvalue weighted by molar-refractivity contribution is 7.14. The summed E-state index contributed by atoms with van der Waals surface area (Å²) in [6.45, 7) is 0. The summed E-state index contributed by atoms with van der Waals surface area (Å²) in [5.74, 6) is 0.524. The van der Waals surface area contributed by atoms with E-state index >= 15 is 0 Å². The standard InChI is InChI=1S/C6H7N4P/c7-5-4-1-2-10(11)6(4)9-3-8-5/h1-3H,11H2,(H2,7,8,9). The zero-order chi connectivity index (χ0) is 7.84. The quantitative estimate of drug-likeness (QED) is 0.584. The number of aromatic nitrogens is 3. The Balaban J connectivity index is 2.94. The van der Waals surface area contributed by atoms with Crippen molar-refractivity contribution in [2.75, 3.05) is 5.73 Å². The molecule has 2 N–H and O–H groups in total. The van der Waals surface area contributed by atoms with Gasteiger partial charge in [0.15, 0.2) is 0 Å². The van der Waals surface area contributed by atoms with Crippen LogP contribution in [0.15, 0.2) is 18.6 Å². The Morgan fingerprint density at radius 2 is 2.27 bits per heavy atom. The Hall–Kier alpha value is -1.15. The van der Waals surface area contributed by atoms with Gasteiger partial charge in [0, 0.05) is 6.20 Å². The lowest BCUT2D eigenvalue weighted by molar-refractivity contribution is 1.18. The van der Waals surface area contributed by atoms with E-state index in [1.54, 1.807) is 0 Å². The van der Waals surface area contributed by atoms with Crippen LogP contribution in [0.4, 0.5) is 5.82 Å². The SMILES string of the molecule is Nc1ncnc2c1ccn2P. The molecule has 0 saturated heterocycles. The Morgan fingerprint density at radius 3 is 3.00 bits per heavy atom. The average Bonchev–Trinajstić information content (AvgIpc) is 2.35. The van der Waals surface area contributed by atoms with Crippen molar-refractivity contribution in [2.45, 2.75) is 0 Å². The minimum atomic E-state index is 0.524. The van der Waals surface area contributed by atoms with Crippen LogP contribution in [0.2, 0.25) is 0 Å². The molecule has 4 nitrogen and oxygen atoms in total. The number of fused-ring (bicyclic) bond motifs is 1. The molecule has 2 rings (SSSR count). The third kappa shape index (κ3) is 0.870. The van der Waals surface area contributed by atoms with E-state index in [9.17, 15) is 0 Å². The molecular formula is C6H7N4P. The van der Waals surface area contributed by atoms with E-state index in [4.69, 9.17) is 5.73 Å². The Bertz CT molecular complexity index is 394. The van der Waals surface area contributed by atoms with Crippen molar-refractivity contribution in [1.82, 2.24) is 14.3 Å². The van der Waals surface area contributed by atoms with E-state index in [1.807, 2.05) is 16.6 Å². The molecule has 0 aliphatic heterocycles. The fraction of sp³-hybridized carbons (Fsp3) is 0. The maximum Gasteiger partial charge on any atom is 0.148 e. The molecule has 1 unspecified atom stereocenters. The average molecular weight is 166 g/mol. The van der Waals surface area contributed by atoms with Crippen LogP contribution in [0.3, 0.4) is 0 Å². The van der Waals surface area contributed by atoms with Gasteiger partial charge in [-0.25, -0.2) is 9.97 Å². The third-order valence-corrected chi connectivity index (χ3v) is 1.96. The summed E-state index contributed by atoms with van der Waals surface area (Å²) in [7, 11) is 2.52. The van der Waals surface area contributed by atoms with Crippen LogP contribution in [-0.2, 0) is 0 Å². The molecular weight excluding hydrogens is 159 g/mol. The van der Waals surface area contributed by atoms with Crippen LogP contribution in [-0.4, -0.2) is 14.3 Å². The van der Waals surface area contributed by atoms with Crippen molar-refractivity contribution in [3.63, 3.8) is 0 Å². The van der Waals surface area contributed by atoms with E-state index in [2.05, 4.69) is 19.4 Å². The molecule has 1 atom stereocenters. The van der Waals surface area contributed by atoms with E-state index < -0.39 is 0 Å². The molecule has 2 aromatic rings. The monoisotopic (exact) mass is 166 g/mol. The summed E-state index contributed by atoms with van der Waals surface area (Å²) in [5, 5.41) is 0.891. The molecule has 0 aliphatic carbocycles. The number of rotatable bonds is 0. The van der Waals surface area contributed by atoms with Gasteiger partial charge in [0.1, 0.15) is 17.8 Å². The molecule has 56 valence electrons. The Kier molecular flexibility index (Phi) is 1.29. The zero-order valence-electron chi connectivity index (χ0n) is 5.73. The topological polar surface area (TPSA) is 56.7 Å². The second kappa shape index (κ2) is 2.17. The van der Waals surface area contributed by atoms with Gasteiger partial charge in [-0.1, -0.05) is 0 Å². The molecule has 2 aromatic heterocycles. The molecule has 0 spiro atoms. The normalized spacial score (nSPS) is 10.6. The zero-order valence-corrected chi connectivity index (χ0v) is 6.88. The van der Waals surface area contributed by atoms with Gasteiger partial charge in [0.05, 0.1) is 5.39 Å². The first kappa shape index (κ1) is 6.55. The molecule has 0 fully saturated rings. The smallest absolute Gasteiger partial charge is 0.148 e. The van der Waals surface area contributed by atoms with Gasteiger partial charge in [-0.2, -0.15) is 0 Å². The summed E-state index contributed by atoms with van der Waals surface area (Å²) in [5.41, 5.74) is 6.43. The van der Waals surface area contributed by atoms with Crippen LogP contribution in [0, 0.1) is 0 Å². The fourth-order valence-corrected chi connectivity index (χ4v) is 1.28. The highest BCUT2D eigenvalue weighted by Crippen LogP contribution is 2.18. The van der Waals surface area contributed by atoms with Crippen LogP contribution >= 0.6 is 9.39 Å². The van der Waals surface area contributed by atoms with E-state index in [1.165, 1.54) is 6.33 Å². The Labute approximate surface area is 65.7 Å². The molecule has 0 aliphatic rings. The van der Waals surface area contributed by atoms with Crippen LogP contribution in [0.25, 0.3) is 11.0 Å². The van der Waals surface area contributed by atoms with Crippen molar-refractivity contribution in [1.29, 1.82) is 0 Å². The highest BCUT2D eigenvalue weighted by Gasteiger charge is 2.01. The predicted molar refractivity (Wildman–Crippen MR) is 47.0 cm³/mol. The van der Waals surface area contributed by atoms with Gasteiger partial charge >= 0.3 is 0 Å². The van der Waals surface area contributed by atoms with Gasteiger partial charge in [-0.05, 0) is 15.5 Å². The largest absolute Gasteiger partial charge is 0.383 e. The predicted octanol–water partition coefficient (Wildman–Crippen LogP) is 0.652. The van der Waals surface area contributed by atoms with Crippen molar-refractivity contribution in [2.24, 2.45) is 0 Å². The van der Waals surface area contributed by atoms with E-state index in [0.717, 1.165) is 11.0 Å². The lowest BCUT2D eigenvalue weighted by Crippen LogP contribution is -1.91. The first-order chi connectivity index (χ1) is 5.29. The second-order valence-corrected chi connectivity index (χ2v) is 2.78. The van der Waals surface area contributed by atoms with E-state index in [-0.39, 0.29) is 0 Å². The van der Waals surface area contributed by atoms with Gasteiger partial charge in [-0.3, -0.25) is 0 Å². The third-order valence-electron chi connectivity index (χ3n) is 1.54. The van der Waals surface area contributed by atoms with Crippen molar-refractivity contribution >= 4 is 26.2 Å². The van der Waals surface area contributed by atoms with Crippen LogP contribution < -0.4 is 5.73 Å². The summed E-state index contributed by atoms with van der Waals surface area (Å²) in [6.07, 6.45) is 3.33. The molecule has 0 aromatic carbocycles. The molecule has 0 bridgehead atoms. The Morgan fingerprint density at radius 1 is 1.45 bits per heavy atom. The number of hydrogen-bond acceptors (Lipinski definition) is 3. The number of nitrogen functional groups attached to an aromatic ring is 1. The maximum atomic E-state index is 5.60. The second-order valence-electron chi connectivity index (χ2n) is 2.22. The minimum Gasteiger partial charge on any atom is -0.383 e. The van der Waals surface area contributed by atoms with Crippen LogP contribution in [0.1, 0.15) is 0 Å². The van der Waals surface area contributed by atoms with Crippen molar-refractivity contribution in [3.8, 4) is 0 Å². The maximum absolute atomic E-state index is 5.60. The van der Waals surface area contributed by atoms with Gasteiger partial charge < -0.3 is 10.1 Å². The van der Waals surface area contributed by atoms with Gasteiger partial charge in [0.2, 0.25) is 0 Å². The van der Waals surface area contributed by atoms with Gasteiger partial charge in [-0.15, -0.1) is 0 Å². The molecule has 2 heterocycles. The molecule has 11 heavy (non-hydrogen) atoms. The number of nitrogens with two attached hydrogens (primary N) is 1. The molecule has 5 heteroatoms. The summed E-state index contributed by atoms with van der Waals surface area (Å²) >= 11 is 0. The van der Waals surface area contributed by atoms with Crippen molar-refractivity contribution in [3.05, 3.63) is 18.6 Å². The lowest BCUT2D eigenvalue weighted by Gasteiger charge is -1.94. The summed E-state index contributed by atoms with van der Waals surface area (Å²) < 4.78 is 1.83. The van der Waals surface area contributed by atoms with E-state index in [0.29, 0.717) is 5.82 Å². The highest BCUT2D eigenvalue weighted by atomic mass is 31.0. The first-order valence-electron chi connectivity index (χ1n) is 3.11. The molecule has 0 amide bonds. The minimum absolute atomic E-state index is 0.524. The van der Waals surface area contributed by atoms with Crippen molar-refractivity contribution < 1.29 is 0 Å². The fourth-order valence-electron chi connectivity index (χ4n) is 0.990. The van der Waals surface area contributed by atoms with Crippen LogP contribution in [0.5, 0.6) is 0 Å².